The summed E-state index contributed by atoms with van der Waals surface area (Å²) in [5.74, 6) is 2.68. The van der Waals surface area contributed by atoms with Crippen LogP contribution in [0.3, 0.4) is 0 Å². The van der Waals surface area contributed by atoms with Crippen molar-refractivity contribution in [2.24, 2.45) is 28.4 Å². The molecule has 2 heteroatoms. The van der Waals surface area contributed by atoms with Gasteiger partial charge in [-0.3, -0.25) is 0 Å². The van der Waals surface area contributed by atoms with Gasteiger partial charge in [-0.05, 0) is 130 Å². The van der Waals surface area contributed by atoms with E-state index in [4.69, 9.17) is 5.73 Å². The van der Waals surface area contributed by atoms with Crippen LogP contribution in [0.2, 0.25) is 0 Å². The lowest BCUT2D eigenvalue weighted by molar-refractivity contribution is -0.0392. The van der Waals surface area contributed by atoms with Crippen LogP contribution in [0, 0.1) is 22.7 Å². The molecule has 4 aliphatic rings. The Kier molecular flexibility index (Phi) is 8.71. The number of aryl methyl sites for hydroxylation is 2. The molecule has 0 saturated heterocycles. The smallest absolute Gasteiger partial charge is 0.0105 e. The molecular formula is C42H64N2. The Hall–Kier alpha value is -1.64. The van der Waals surface area contributed by atoms with Gasteiger partial charge in [0.05, 0.1) is 0 Å². The van der Waals surface area contributed by atoms with E-state index in [2.05, 4.69) is 96.7 Å². The van der Waals surface area contributed by atoms with Crippen molar-refractivity contribution in [2.45, 2.75) is 142 Å². The van der Waals surface area contributed by atoms with Gasteiger partial charge in [-0.25, -0.2) is 0 Å². The highest BCUT2D eigenvalue weighted by atomic mass is 15.1. The SMILES string of the molecule is CC(C)c1ccc2c(c1)CC[C@H]1[C@](C)(CN(CCN)C[C@]3(C)CCC[C@]4(C)c5ccc(C(C)C)cc5CC[C@@H]34)CCC[C@]21C. The number of fused-ring (bicyclic) bond motifs is 6. The second-order valence-electron chi connectivity index (χ2n) is 17.7. The van der Waals surface area contributed by atoms with Crippen molar-refractivity contribution in [1.29, 1.82) is 0 Å². The zero-order valence-electron chi connectivity index (χ0n) is 29.7. The molecule has 2 aromatic rings. The van der Waals surface area contributed by atoms with E-state index >= 15 is 0 Å². The molecule has 2 saturated carbocycles. The molecule has 0 heterocycles. The molecule has 6 atom stereocenters. The normalized spacial score (nSPS) is 34.9. The fourth-order valence-corrected chi connectivity index (χ4v) is 11.8. The lowest BCUT2D eigenvalue weighted by Crippen LogP contribution is -2.57. The van der Waals surface area contributed by atoms with Crippen molar-refractivity contribution in [3.8, 4) is 0 Å². The van der Waals surface area contributed by atoms with Gasteiger partial charge < -0.3 is 10.6 Å². The maximum absolute atomic E-state index is 6.40. The Morgan fingerprint density at radius 1 is 0.682 bits per heavy atom. The first-order valence-corrected chi connectivity index (χ1v) is 18.5. The van der Waals surface area contributed by atoms with E-state index in [0.717, 1.165) is 24.9 Å². The Morgan fingerprint density at radius 2 is 1.11 bits per heavy atom. The van der Waals surface area contributed by atoms with E-state index in [0.29, 0.717) is 33.5 Å². The van der Waals surface area contributed by atoms with Crippen LogP contribution in [0.4, 0.5) is 0 Å². The largest absolute Gasteiger partial charge is 0.329 e. The zero-order valence-corrected chi connectivity index (χ0v) is 29.7. The van der Waals surface area contributed by atoms with Gasteiger partial charge in [0.15, 0.2) is 0 Å². The third kappa shape index (κ3) is 5.42. The summed E-state index contributed by atoms with van der Waals surface area (Å²) in [4.78, 5) is 2.87. The maximum Gasteiger partial charge on any atom is 0.0105 e. The van der Waals surface area contributed by atoms with Crippen LogP contribution in [-0.4, -0.2) is 31.1 Å². The number of hydrogen-bond donors (Lipinski definition) is 1. The minimum absolute atomic E-state index is 0.291. The van der Waals surface area contributed by atoms with E-state index in [1.807, 2.05) is 0 Å². The van der Waals surface area contributed by atoms with Crippen molar-refractivity contribution in [3.63, 3.8) is 0 Å². The molecule has 2 nitrogen and oxygen atoms in total. The Morgan fingerprint density at radius 3 is 1.50 bits per heavy atom. The van der Waals surface area contributed by atoms with Crippen LogP contribution < -0.4 is 5.73 Å². The lowest BCUT2D eigenvalue weighted by atomic mass is 9.49. The van der Waals surface area contributed by atoms with Crippen LogP contribution in [0.15, 0.2) is 36.4 Å². The van der Waals surface area contributed by atoms with Gasteiger partial charge in [0.25, 0.3) is 0 Å². The number of nitrogens with two attached hydrogens (primary N) is 1. The number of hydrogen-bond acceptors (Lipinski definition) is 2. The highest BCUT2D eigenvalue weighted by Gasteiger charge is 2.54. The van der Waals surface area contributed by atoms with Gasteiger partial charge in [0.1, 0.15) is 0 Å². The first-order valence-electron chi connectivity index (χ1n) is 18.5. The van der Waals surface area contributed by atoms with E-state index in [1.54, 1.807) is 22.3 Å². The third-order valence-corrected chi connectivity index (χ3v) is 14.0. The van der Waals surface area contributed by atoms with Crippen LogP contribution in [0.1, 0.15) is 152 Å². The van der Waals surface area contributed by atoms with Crippen LogP contribution in [0.25, 0.3) is 0 Å². The molecule has 242 valence electrons. The minimum atomic E-state index is 0.291. The lowest BCUT2D eigenvalue weighted by Gasteiger charge is -2.59. The van der Waals surface area contributed by atoms with Crippen LogP contribution in [0.5, 0.6) is 0 Å². The van der Waals surface area contributed by atoms with Crippen molar-refractivity contribution in [1.82, 2.24) is 4.90 Å². The van der Waals surface area contributed by atoms with Crippen molar-refractivity contribution < 1.29 is 0 Å². The first-order chi connectivity index (χ1) is 20.8. The monoisotopic (exact) mass is 597 g/mol. The fourth-order valence-electron chi connectivity index (χ4n) is 11.8. The molecule has 0 aliphatic heterocycles. The van der Waals surface area contributed by atoms with Gasteiger partial charge in [0.2, 0.25) is 0 Å². The third-order valence-electron chi connectivity index (χ3n) is 14.0. The number of benzene rings is 2. The van der Waals surface area contributed by atoms with Gasteiger partial charge in [-0.15, -0.1) is 0 Å². The summed E-state index contributed by atoms with van der Waals surface area (Å²) < 4.78 is 0. The Bertz CT molecular complexity index is 1240. The topological polar surface area (TPSA) is 29.3 Å². The summed E-state index contributed by atoms with van der Waals surface area (Å²) >= 11 is 0. The van der Waals surface area contributed by atoms with Crippen molar-refractivity contribution in [2.75, 3.05) is 26.2 Å². The molecule has 0 bridgehead atoms. The predicted molar refractivity (Wildman–Crippen MR) is 189 cm³/mol. The van der Waals surface area contributed by atoms with E-state index in [9.17, 15) is 0 Å². The standard InChI is InChI=1S/C42H64N2/c1-29(2)31-11-15-35-33(25-31)13-17-37-39(5,19-9-21-41(35,37)7)27-44(24-23-43)28-40(6)20-10-22-42(8)36-16-12-32(30(3)4)26-34(36)14-18-38(40)42/h11-12,15-16,25-26,29-30,37-38H,9-10,13-14,17-24,27-28,43H2,1-8H3/t37-,38-,39-,40-,41+,42+/m0/s1. The molecule has 0 amide bonds. The molecular weight excluding hydrogens is 532 g/mol. The maximum atomic E-state index is 6.40. The molecule has 0 unspecified atom stereocenters. The molecule has 2 N–H and O–H groups in total. The molecule has 2 fully saturated rings. The zero-order chi connectivity index (χ0) is 31.5. The average Bonchev–Trinajstić information content (AvgIpc) is 2.96. The minimum Gasteiger partial charge on any atom is -0.329 e. The van der Waals surface area contributed by atoms with Crippen molar-refractivity contribution >= 4 is 0 Å². The summed E-state index contributed by atoms with van der Waals surface area (Å²) in [7, 11) is 0. The fraction of sp³-hybridized carbons (Fsp3) is 0.714. The first kappa shape index (κ1) is 32.3. The molecule has 4 aliphatic carbocycles. The summed E-state index contributed by atoms with van der Waals surface area (Å²) in [6.07, 6.45) is 13.3. The highest BCUT2D eigenvalue weighted by molar-refractivity contribution is 5.43. The van der Waals surface area contributed by atoms with Gasteiger partial charge in [-0.2, -0.15) is 0 Å². The quantitative estimate of drug-likeness (QED) is 0.329. The Balaban J connectivity index is 1.26. The second kappa shape index (κ2) is 11.9. The molecule has 0 aromatic heterocycles. The predicted octanol–water partition coefficient (Wildman–Crippen LogP) is 9.91. The van der Waals surface area contributed by atoms with Crippen molar-refractivity contribution in [3.05, 3.63) is 69.8 Å². The highest BCUT2D eigenvalue weighted by Crippen LogP contribution is 2.60. The summed E-state index contributed by atoms with van der Waals surface area (Å²) in [6, 6.07) is 15.1. The van der Waals surface area contributed by atoms with Gasteiger partial charge in [0, 0.05) is 26.2 Å². The summed E-state index contributed by atoms with van der Waals surface area (Å²) in [5.41, 5.74) is 17.3. The van der Waals surface area contributed by atoms with Gasteiger partial charge >= 0.3 is 0 Å². The summed E-state index contributed by atoms with van der Waals surface area (Å²) in [5, 5.41) is 0. The Labute approximate surface area is 271 Å². The molecule has 2 aromatic carbocycles. The molecule has 6 rings (SSSR count). The molecule has 44 heavy (non-hydrogen) atoms. The van der Waals surface area contributed by atoms with Crippen LogP contribution in [-0.2, 0) is 23.7 Å². The summed E-state index contributed by atoms with van der Waals surface area (Å²) in [6.45, 7) is 24.1. The van der Waals surface area contributed by atoms with Gasteiger partial charge in [-0.1, -0.05) is 105 Å². The van der Waals surface area contributed by atoms with E-state index in [1.165, 1.54) is 88.4 Å². The van der Waals surface area contributed by atoms with E-state index < -0.39 is 0 Å². The number of nitrogens with zero attached hydrogens (tertiary/aromatic N) is 1. The second-order valence-corrected chi connectivity index (χ2v) is 17.7. The molecule has 0 spiro atoms. The molecule has 0 radical (unpaired) electrons. The average molecular weight is 597 g/mol. The number of rotatable bonds is 8. The van der Waals surface area contributed by atoms with Crippen LogP contribution >= 0.6 is 0 Å². The van der Waals surface area contributed by atoms with E-state index in [-0.39, 0.29) is 0 Å².